The highest BCUT2D eigenvalue weighted by Crippen LogP contribution is 2.21. The highest BCUT2D eigenvalue weighted by Gasteiger charge is 2.23. The molecule has 4 nitrogen and oxygen atoms in total. The summed E-state index contributed by atoms with van der Waals surface area (Å²) in [5.74, 6) is 1.39. The molecule has 1 unspecified atom stereocenters. The number of carbonyl (C=O) groups excluding carboxylic acids is 1. The number of nitrogens with zero attached hydrogens (tertiary/aromatic N) is 3. The van der Waals surface area contributed by atoms with Gasteiger partial charge in [-0.2, -0.15) is 0 Å². The van der Waals surface area contributed by atoms with Crippen molar-refractivity contribution in [1.82, 2.24) is 14.5 Å². The minimum atomic E-state index is 0.298. The molecule has 1 aromatic rings. The molecule has 0 radical (unpaired) electrons. The van der Waals surface area contributed by atoms with Crippen LogP contribution in [0.2, 0.25) is 0 Å². The summed E-state index contributed by atoms with van der Waals surface area (Å²) < 4.78 is 2.07. The van der Waals surface area contributed by atoms with E-state index in [1.54, 1.807) is 6.92 Å². The van der Waals surface area contributed by atoms with Crippen molar-refractivity contribution in [3.63, 3.8) is 0 Å². The van der Waals surface area contributed by atoms with Gasteiger partial charge in [0.15, 0.2) is 0 Å². The van der Waals surface area contributed by atoms with Crippen molar-refractivity contribution in [2.45, 2.75) is 51.6 Å². The number of imidazole rings is 1. The Morgan fingerprint density at radius 3 is 2.94 bits per heavy atom. The lowest BCUT2D eigenvalue weighted by molar-refractivity contribution is -0.118. The van der Waals surface area contributed by atoms with E-state index in [1.165, 1.54) is 19.3 Å². The minimum Gasteiger partial charge on any atom is -0.337 e. The molecular formula is C14H23N3O. The van der Waals surface area contributed by atoms with Gasteiger partial charge in [-0.25, -0.2) is 4.98 Å². The maximum atomic E-state index is 11.4. The summed E-state index contributed by atoms with van der Waals surface area (Å²) in [4.78, 5) is 18.2. The molecule has 1 aromatic heterocycles. The third-order valence-corrected chi connectivity index (χ3v) is 3.79. The molecule has 0 spiro atoms. The molecule has 0 N–H and O–H groups in total. The van der Waals surface area contributed by atoms with Crippen molar-refractivity contribution in [3.8, 4) is 0 Å². The van der Waals surface area contributed by atoms with E-state index in [0.717, 1.165) is 25.3 Å². The Balaban J connectivity index is 2.05. The van der Waals surface area contributed by atoms with Crippen LogP contribution in [0.25, 0.3) is 0 Å². The molecule has 2 heterocycles. The molecule has 0 aliphatic carbocycles. The van der Waals surface area contributed by atoms with Gasteiger partial charge >= 0.3 is 0 Å². The lowest BCUT2D eigenvalue weighted by atomic mass is 10.0. The van der Waals surface area contributed by atoms with E-state index in [-0.39, 0.29) is 0 Å². The van der Waals surface area contributed by atoms with Crippen LogP contribution in [0.1, 0.15) is 44.9 Å². The summed E-state index contributed by atoms with van der Waals surface area (Å²) in [6.45, 7) is 3.65. The monoisotopic (exact) mass is 249 g/mol. The SMILES string of the molecule is CC(=O)CC1CCCCCN1Cc1nccn1C. The van der Waals surface area contributed by atoms with Gasteiger partial charge in [-0.05, 0) is 26.3 Å². The fourth-order valence-electron chi connectivity index (χ4n) is 2.74. The molecule has 1 aliphatic heterocycles. The molecule has 18 heavy (non-hydrogen) atoms. The summed E-state index contributed by atoms with van der Waals surface area (Å²) in [7, 11) is 2.03. The van der Waals surface area contributed by atoms with E-state index in [2.05, 4.69) is 14.5 Å². The molecule has 4 heteroatoms. The normalized spacial score (nSPS) is 21.8. The maximum absolute atomic E-state index is 11.4. The van der Waals surface area contributed by atoms with Crippen LogP contribution in [0.15, 0.2) is 12.4 Å². The molecule has 1 fully saturated rings. The maximum Gasteiger partial charge on any atom is 0.131 e. The van der Waals surface area contributed by atoms with Crippen LogP contribution in [-0.2, 0) is 18.4 Å². The number of aryl methyl sites for hydroxylation is 1. The lowest BCUT2D eigenvalue weighted by Crippen LogP contribution is -2.36. The minimum absolute atomic E-state index is 0.298. The van der Waals surface area contributed by atoms with Crippen LogP contribution in [0, 0.1) is 0 Å². The van der Waals surface area contributed by atoms with E-state index in [1.807, 2.05) is 19.4 Å². The number of ketones is 1. The second-order valence-corrected chi connectivity index (χ2v) is 5.33. The molecule has 2 rings (SSSR count). The first-order valence-electron chi connectivity index (χ1n) is 6.86. The standard InChI is InChI=1S/C14H23N3O/c1-12(18)10-13-6-4-3-5-8-17(13)11-14-15-7-9-16(14)2/h7,9,13H,3-6,8,10-11H2,1-2H3. The van der Waals surface area contributed by atoms with Crippen LogP contribution < -0.4 is 0 Å². The van der Waals surface area contributed by atoms with Gasteiger partial charge in [0, 0.05) is 31.9 Å². The van der Waals surface area contributed by atoms with Crippen molar-refractivity contribution in [1.29, 1.82) is 0 Å². The van der Waals surface area contributed by atoms with Gasteiger partial charge in [0.1, 0.15) is 11.6 Å². The Labute approximate surface area is 109 Å². The number of aromatic nitrogens is 2. The smallest absolute Gasteiger partial charge is 0.131 e. The summed E-state index contributed by atoms with van der Waals surface area (Å²) in [5, 5.41) is 0. The zero-order valence-electron chi connectivity index (χ0n) is 11.4. The zero-order valence-corrected chi connectivity index (χ0v) is 11.4. The molecule has 0 amide bonds. The van der Waals surface area contributed by atoms with Gasteiger partial charge in [0.2, 0.25) is 0 Å². The third kappa shape index (κ3) is 3.42. The summed E-state index contributed by atoms with van der Waals surface area (Å²) in [6.07, 6.45) is 9.41. The second-order valence-electron chi connectivity index (χ2n) is 5.33. The van der Waals surface area contributed by atoms with E-state index in [0.29, 0.717) is 18.2 Å². The van der Waals surface area contributed by atoms with Gasteiger partial charge in [-0.15, -0.1) is 0 Å². The molecular weight excluding hydrogens is 226 g/mol. The first kappa shape index (κ1) is 13.3. The molecule has 0 aromatic carbocycles. The number of rotatable bonds is 4. The van der Waals surface area contributed by atoms with Crippen LogP contribution in [0.4, 0.5) is 0 Å². The predicted octanol–water partition coefficient (Wildman–Crippen LogP) is 2.14. The van der Waals surface area contributed by atoms with E-state index in [4.69, 9.17) is 0 Å². The van der Waals surface area contributed by atoms with Gasteiger partial charge in [0.25, 0.3) is 0 Å². The zero-order chi connectivity index (χ0) is 13.0. The van der Waals surface area contributed by atoms with E-state index >= 15 is 0 Å². The number of Topliss-reactive ketones (excluding diaryl/α,β-unsaturated/α-hetero) is 1. The summed E-state index contributed by atoms with van der Waals surface area (Å²) >= 11 is 0. The number of carbonyl (C=O) groups is 1. The second kappa shape index (κ2) is 6.14. The Morgan fingerprint density at radius 1 is 1.44 bits per heavy atom. The fraction of sp³-hybridized carbons (Fsp3) is 0.714. The number of hydrogen-bond acceptors (Lipinski definition) is 3. The average molecular weight is 249 g/mol. The quantitative estimate of drug-likeness (QED) is 0.820. The Hall–Kier alpha value is -1.16. The topological polar surface area (TPSA) is 38.1 Å². The molecule has 0 bridgehead atoms. The van der Waals surface area contributed by atoms with Crippen molar-refractivity contribution in [3.05, 3.63) is 18.2 Å². The highest BCUT2D eigenvalue weighted by atomic mass is 16.1. The summed E-state index contributed by atoms with van der Waals surface area (Å²) in [6, 6.07) is 0.404. The van der Waals surface area contributed by atoms with Crippen molar-refractivity contribution >= 4 is 5.78 Å². The van der Waals surface area contributed by atoms with Crippen molar-refractivity contribution in [2.24, 2.45) is 7.05 Å². The number of likely N-dealkylation sites (tertiary alicyclic amines) is 1. The van der Waals surface area contributed by atoms with Crippen LogP contribution in [-0.4, -0.2) is 32.8 Å². The van der Waals surface area contributed by atoms with Gasteiger partial charge < -0.3 is 4.57 Å². The van der Waals surface area contributed by atoms with Crippen LogP contribution >= 0.6 is 0 Å². The molecule has 1 aliphatic rings. The van der Waals surface area contributed by atoms with Gasteiger partial charge in [0.05, 0.1) is 6.54 Å². The average Bonchev–Trinajstić information content (AvgIpc) is 2.58. The number of hydrogen-bond donors (Lipinski definition) is 0. The predicted molar refractivity (Wildman–Crippen MR) is 71.2 cm³/mol. The van der Waals surface area contributed by atoms with E-state index in [9.17, 15) is 4.79 Å². The third-order valence-electron chi connectivity index (χ3n) is 3.79. The van der Waals surface area contributed by atoms with Gasteiger partial charge in [-0.1, -0.05) is 12.8 Å². The van der Waals surface area contributed by atoms with Gasteiger partial charge in [-0.3, -0.25) is 9.69 Å². The highest BCUT2D eigenvalue weighted by molar-refractivity contribution is 5.76. The lowest BCUT2D eigenvalue weighted by Gasteiger charge is -2.28. The molecule has 0 saturated carbocycles. The Morgan fingerprint density at radius 2 is 2.28 bits per heavy atom. The first-order chi connectivity index (χ1) is 8.66. The fourth-order valence-corrected chi connectivity index (χ4v) is 2.74. The molecule has 1 saturated heterocycles. The first-order valence-corrected chi connectivity index (χ1v) is 6.86. The molecule has 100 valence electrons. The Kier molecular flexibility index (Phi) is 4.53. The van der Waals surface area contributed by atoms with Crippen LogP contribution in [0.3, 0.4) is 0 Å². The Bertz CT molecular complexity index is 399. The molecule has 1 atom stereocenters. The summed E-state index contributed by atoms with van der Waals surface area (Å²) in [5.41, 5.74) is 0. The van der Waals surface area contributed by atoms with Crippen molar-refractivity contribution < 1.29 is 4.79 Å². The largest absolute Gasteiger partial charge is 0.337 e. The van der Waals surface area contributed by atoms with E-state index < -0.39 is 0 Å². The van der Waals surface area contributed by atoms with Crippen molar-refractivity contribution in [2.75, 3.05) is 6.54 Å². The van der Waals surface area contributed by atoms with Crippen LogP contribution in [0.5, 0.6) is 0 Å².